The van der Waals surface area contributed by atoms with Crippen molar-refractivity contribution in [2.75, 3.05) is 18.1 Å². The van der Waals surface area contributed by atoms with E-state index >= 15 is 0 Å². The molecule has 0 aliphatic heterocycles. The van der Waals surface area contributed by atoms with Gasteiger partial charge in [-0.05, 0) is 31.2 Å². The maximum Gasteiger partial charge on any atom is 0.261 e. The number of phenolic OH excluding ortho intramolecular Hbond substituents is 4. The first kappa shape index (κ1) is 29.7. The normalized spacial score (nSPS) is 10.7. The van der Waals surface area contributed by atoms with Crippen LogP contribution in [0.5, 0.6) is 23.0 Å². The van der Waals surface area contributed by atoms with Crippen molar-refractivity contribution in [3.63, 3.8) is 0 Å². The van der Waals surface area contributed by atoms with Gasteiger partial charge in [-0.2, -0.15) is 0 Å². The standard InChI is InChI=1S/C12H12N2O6S.C10H13NO4/c15-6-13-9(17)4-21-5-10(18)14-12(20)7-2-1-3-8(16)11(7)19;1-6(12)5-11-10(15)7-3-2-4-8(13)9(7)14/h1-3,6,16,19H,4-5H2,(H,13,15,17)(H,14,18,20);2-4,6,12-14H,5H2,1H3,(H,11,15). The lowest BCUT2D eigenvalue weighted by molar-refractivity contribution is -0.123. The second-order valence-electron chi connectivity index (χ2n) is 6.96. The van der Waals surface area contributed by atoms with Crippen LogP contribution < -0.4 is 16.0 Å². The Balaban J connectivity index is 0.000000381. The molecule has 0 heterocycles. The Labute approximate surface area is 209 Å². The van der Waals surface area contributed by atoms with Crippen LogP contribution in [0.3, 0.4) is 0 Å². The highest BCUT2D eigenvalue weighted by Crippen LogP contribution is 2.28. The van der Waals surface area contributed by atoms with Gasteiger partial charge in [0.15, 0.2) is 23.0 Å². The summed E-state index contributed by atoms with van der Waals surface area (Å²) < 4.78 is 0. The van der Waals surface area contributed by atoms with Crippen molar-refractivity contribution in [1.82, 2.24) is 16.0 Å². The Morgan fingerprint density at radius 1 is 0.861 bits per heavy atom. The van der Waals surface area contributed by atoms with Crippen LogP contribution >= 0.6 is 11.8 Å². The average Bonchev–Trinajstić information content (AvgIpc) is 2.81. The number of rotatable bonds is 9. The number of aromatic hydroxyl groups is 4. The molecule has 0 radical (unpaired) electrons. The largest absolute Gasteiger partial charge is 0.504 e. The summed E-state index contributed by atoms with van der Waals surface area (Å²) in [6.45, 7) is 1.62. The summed E-state index contributed by atoms with van der Waals surface area (Å²) in [7, 11) is 0. The van der Waals surface area contributed by atoms with Crippen molar-refractivity contribution in [3.05, 3.63) is 47.5 Å². The smallest absolute Gasteiger partial charge is 0.261 e. The molecular formula is C22H25N3O10S. The lowest BCUT2D eigenvalue weighted by Crippen LogP contribution is -2.32. The Hall–Kier alpha value is -4.30. The molecule has 0 fully saturated rings. The fraction of sp³-hybridized carbons (Fsp3) is 0.227. The number of phenols is 4. The molecule has 0 aliphatic carbocycles. The Morgan fingerprint density at radius 3 is 1.86 bits per heavy atom. The summed E-state index contributed by atoms with van der Waals surface area (Å²) in [5.74, 6) is -4.84. The van der Waals surface area contributed by atoms with Gasteiger partial charge in [-0.1, -0.05) is 12.1 Å². The first-order valence-corrected chi connectivity index (χ1v) is 11.3. The second-order valence-corrected chi connectivity index (χ2v) is 7.95. The van der Waals surface area contributed by atoms with E-state index in [0.717, 1.165) is 11.8 Å². The van der Waals surface area contributed by atoms with E-state index < -0.39 is 47.0 Å². The molecule has 0 aromatic heterocycles. The van der Waals surface area contributed by atoms with E-state index in [1.54, 1.807) is 0 Å². The molecule has 0 spiro atoms. The number of hydrogen-bond acceptors (Lipinski definition) is 11. The van der Waals surface area contributed by atoms with Gasteiger partial charge in [-0.3, -0.25) is 34.6 Å². The van der Waals surface area contributed by atoms with E-state index in [2.05, 4.69) is 5.32 Å². The van der Waals surface area contributed by atoms with Crippen molar-refractivity contribution >= 4 is 41.8 Å². The van der Waals surface area contributed by atoms with Crippen molar-refractivity contribution in [1.29, 1.82) is 0 Å². The monoisotopic (exact) mass is 523 g/mol. The summed E-state index contributed by atoms with van der Waals surface area (Å²) in [5, 5.41) is 52.5. The number of nitrogens with one attached hydrogen (secondary N) is 3. The molecule has 5 amide bonds. The number of imide groups is 2. The number of aliphatic hydroxyl groups is 1. The number of carbonyl (C=O) groups is 5. The fourth-order valence-corrected chi connectivity index (χ4v) is 2.97. The third kappa shape index (κ3) is 9.90. The molecule has 36 heavy (non-hydrogen) atoms. The van der Waals surface area contributed by atoms with Gasteiger partial charge in [-0.25, -0.2) is 0 Å². The zero-order valence-corrected chi connectivity index (χ0v) is 19.7. The zero-order valence-electron chi connectivity index (χ0n) is 18.9. The molecule has 0 bridgehead atoms. The summed E-state index contributed by atoms with van der Waals surface area (Å²) in [6, 6.07) is 7.88. The van der Waals surface area contributed by atoms with Crippen LogP contribution in [0.1, 0.15) is 27.6 Å². The molecule has 13 nitrogen and oxygen atoms in total. The highest BCUT2D eigenvalue weighted by molar-refractivity contribution is 8.00. The molecule has 194 valence electrons. The number of carbonyl (C=O) groups excluding carboxylic acids is 5. The van der Waals surface area contributed by atoms with Gasteiger partial charge in [0.2, 0.25) is 18.2 Å². The number of aliphatic hydroxyl groups excluding tert-OH is 1. The van der Waals surface area contributed by atoms with Crippen molar-refractivity contribution < 1.29 is 49.5 Å². The molecule has 8 N–H and O–H groups in total. The maximum absolute atomic E-state index is 11.7. The van der Waals surface area contributed by atoms with Crippen LogP contribution in [-0.4, -0.2) is 79.7 Å². The Morgan fingerprint density at radius 2 is 1.36 bits per heavy atom. The van der Waals surface area contributed by atoms with Crippen LogP contribution in [0.15, 0.2) is 36.4 Å². The Kier molecular flexibility index (Phi) is 12.3. The fourth-order valence-electron chi connectivity index (χ4n) is 2.34. The maximum atomic E-state index is 11.7. The van der Waals surface area contributed by atoms with E-state index in [-0.39, 0.29) is 41.3 Å². The molecular weight excluding hydrogens is 498 g/mol. The molecule has 0 saturated heterocycles. The molecule has 2 aromatic carbocycles. The average molecular weight is 524 g/mol. The first-order valence-electron chi connectivity index (χ1n) is 10.1. The number of amides is 5. The number of benzene rings is 2. The van der Waals surface area contributed by atoms with Crippen LogP contribution in [0.25, 0.3) is 0 Å². The van der Waals surface area contributed by atoms with Gasteiger partial charge < -0.3 is 30.8 Å². The lowest BCUT2D eigenvalue weighted by atomic mass is 10.1. The first-order chi connectivity index (χ1) is 17.0. The molecule has 0 aliphatic rings. The highest BCUT2D eigenvalue weighted by Gasteiger charge is 2.17. The molecule has 1 atom stereocenters. The molecule has 1 unspecified atom stereocenters. The minimum absolute atomic E-state index is 0.0179. The van der Waals surface area contributed by atoms with E-state index in [0.29, 0.717) is 0 Å². The summed E-state index contributed by atoms with van der Waals surface area (Å²) >= 11 is 0.907. The van der Waals surface area contributed by atoms with Crippen LogP contribution in [0.4, 0.5) is 0 Å². The Bertz CT molecular complexity index is 1110. The van der Waals surface area contributed by atoms with Gasteiger partial charge >= 0.3 is 0 Å². The van der Waals surface area contributed by atoms with E-state index in [9.17, 15) is 39.3 Å². The van der Waals surface area contributed by atoms with Crippen LogP contribution in [0, 0.1) is 0 Å². The quantitative estimate of drug-likeness (QED) is 0.155. The van der Waals surface area contributed by atoms with Gasteiger partial charge in [0.1, 0.15) is 0 Å². The molecule has 2 aromatic rings. The minimum Gasteiger partial charge on any atom is -0.504 e. The van der Waals surface area contributed by atoms with E-state index in [4.69, 9.17) is 10.2 Å². The van der Waals surface area contributed by atoms with Crippen molar-refractivity contribution in [2.45, 2.75) is 13.0 Å². The number of thioether (sulfide) groups is 1. The predicted octanol–water partition coefficient (Wildman–Crippen LogP) is -0.432. The van der Waals surface area contributed by atoms with Gasteiger partial charge in [0.05, 0.1) is 28.7 Å². The highest BCUT2D eigenvalue weighted by atomic mass is 32.2. The van der Waals surface area contributed by atoms with Crippen molar-refractivity contribution in [3.8, 4) is 23.0 Å². The van der Waals surface area contributed by atoms with Gasteiger partial charge in [-0.15, -0.1) is 11.8 Å². The predicted molar refractivity (Wildman–Crippen MR) is 128 cm³/mol. The molecule has 0 saturated carbocycles. The molecule has 14 heteroatoms. The van der Waals surface area contributed by atoms with Gasteiger partial charge in [0, 0.05) is 6.54 Å². The topological polar surface area (TPSA) is 223 Å². The zero-order chi connectivity index (χ0) is 27.3. The summed E-state index contributed by atoms with van der Waals surface area (Å²) in [4.78, 5) is 55.5. The minimum atomic E-state index is -0.869. The SMILES string of the molecule is CC(O)CNC(=O)c1cccc(O)c1O.O=CNC(=O)CSCC(=O)NC(=O)c1cccc(O)c1O. The van der Waals surface area contributed by atoms with E-state index in [1.807, 2.05) is 10.6 Å². The van der Waals surface area contributed by atoms with Crippen molar-refractivity contribution in [2.24, 2.45) is 0 Å². The third-order valence-electron chi connectivity index (χ3n) is 4.02. The number of para-hydroxylation sites is 2. The summed E-state index contributed by atoms with van der Waals surface area (Å²) in [5.41, 5.74) is -0.261. The van der Waals surface area contributed by atoms with Gasteiger partial charge in [0.25, 0.3) is 11.8 Å². The van der Waals surface area contributed by atoms with Crippen LogP contribution in [-0.2, 0) is 14.4 Å². The molecule has 2 rings (SSSR count). The third-order valence-corrected chi connectivity index (χ3v) is 4.95. The second kappa shape index (κ2) is 14.9. The van der Waals surface area contributed by atoms with Crippen LogP contribution in [0.2, 0.25) is 0 Å². The summed E-state index contributed by atoms with van der Waals surface area (Å²) in [6.07, 6.45) is -0.426. The van der Waals surface area contributed by atoms with E-state index in [1.165, 1.54) is 43.3 Å². The lowest BCUT2D eigenvalue weighted by Gasteiger charge is -2.08. The number of hydrogen-bond donors (Lipinski definition) is 8.